The first-order chi connectivity index (χ1) is 6.81. The highest BCUT2D eigenvalue weighted by molar-refractivity contribution is 5.40. The van der Waals surface area contributed by atoms with Crippen LogP contribution in [0.2, 0.25) is 0 Å². The first-order valence-electron chi connectivity index (χ1n) is 4.69. The molecule has 2 aromatic rings. The van der Waals surface area contributed by atoms with Crippen molar-refractivity contribution in [1.29, 1.82) is 0 Å². The van der Waals surface area contributed by atoms with E-state index >= 15 is 0 Å². The lowest BCUT2D eigenvalue weighted by Gasteiger charge is -2.04. The Bertz CT molecular complexity index is 414. The van der Waals surface area contributed by atoms with Crippen molar-refractivity contribution in [3.63, 3.8) is 0 Å². The molecular weight excluding hydrogens is 174 g/mol. The van der Waals surface area contributed by atoms with E-state index in [1.54, 1.807) is 6.20 Å². The van der Waals surface area contributed by atoms with Crippen LogP contribution in [-0.2, 0) is 6.42 Å². The molecule has 0 amide bonds. The van der Waals surface area contributed by atoms with Crippen molar-refractivity contribution >= 4 is 5.95 Å². The molecule has 0 radical (unpaired) electrons. The van der Waals surface area contributed by atoms with E-state index in [1.165, 1.54) is 5.56 Å². The normalized spacial score (nSPS) is 10.4. The van der Waals surface area contributed by atoms with Crippen molar-refractivity contribution in [2.75, 3.05) is 5.73 Å². The number of hydrogen-bond acceptors (Lipinski definition) is 2. The topological polar surface area (TPSA) is 43.8 Å². The lowest BCUT2D eigenvalue weighted by molar-refractivity contribution is 1.06. The van der Waals surface area contributed by atoms with E-state index in [0.29, 0.717) is 5.95 Å². The maximum atomic E-state index is 5.69. The summed E-state index contributed by atoms with van der Waals surface area (Å²) in [5.41, 5.74) is 8.07. The molecule has 0 saturated carbocycles. The molecule has 0 aliphatic carbocycles. The first kappa shape index (κ1) is 8.81. The molecule has 14 heavy (non-hydrogen) atoms. The fraction of sp³-hybridized carbons (Fsp3) is 0.182. The Labute approximate surface area is 83.2 Å². The molecule has 2 N–H and O–H groups in total. The molecule has 0 fully saturated rings. The van der Waals surface area contributed by atoms with Gasteiger partial charge in [-0.15, -0.1) is 0 Å². The minimum atomic E-state index is 0.522. The molecule has 1 aromatic heterocycles. The second kappa shape index (κ2) is 3.54. The van der Waals surface area contributed by atoms with Gasteiger partial charge in [-0.2, -0.15) is 0 Å². The summed E-state index contributed by atoms with van der Waals surface area (Å²) in [6.45, 7) is 2.14. The molecule has 2 rings (SSSR count). The van der Waals surface area contributed by atoms with Crippen LogP contribution in [0.3, 0.4) is 0 Å². The molecule has 1 aromatic carbocycles. The second-order valence-electron chi connectivity index (χ2n) is 3.18. The quantitative estimate of drug-likeness (QED) is 0.781. The third-order valence-corrected chi connectivity index (χ3v) is 2.29. The lowest BCUT2D eigenvalue weighted by atomic mass is 10.1. The second-order valence-corrected chi connectivity index (χ2v) is 3.18. The summed E-state index contributed by atoms with van der Waals surface area (Å²) in [6.07, 6.45) is 4.61. The number of nitrogens with zero attached hydrogens (tertiary/aromatic N) is 2. The van der Waals surface area contributed by atoms with Gasteiger partial charge in [0.05, 0.1) is 0 Å². The molecule has 72 valence electrons. The Balaban J connectivity index is 2.39. The van der Waals surface area contributed by atoms with E-state index in [9.17, 15) is 0 Å². The van der Waals surface area contributed by atoms with Crippen molar-refractivity contribution in [2.45, 2.75) is 13.3 Å². The minimum Gasteiger partial charge on any atom is -0.369 e. The Morgan fingerprint density at radius 3 is 2.50 bits per heavy atom. The number of aromatic nitrogens is 2. The van der Waals surface area contributed by atoms with Gasteiger partial charge in [0.15, 0.2) is 0 Å². The highest BCUT2D eigenvalue weighted by atomic mass is 15.1. The summed E-state index contributed by atoms with van der Waals surface area (Å²) < 4.78 is 1.86. The van der Waals surface area contributed by atoms with Gasteiger partial charge in [0.1, 0.15) is 0 Å². The average molecular weight is 187 g/mol. The Morgan fingerprint density at radius 1 is 1.29 bits per heavy atom. The molecule has 0 aliphatic heterocycles. The van der Waals surface area contributed by atoms with Crippen LogP contribution in [0, 0.1) is 0 Å². The smallest absolute Gasteiger partial charge is 0.204 e. The highest BCUT2D eigenvalue weighted by Crippen LogP contribution is 2.13. The van der Waals surface area contributed by atoms with Crippen LogP contribution >= 0.6 is 0 Å². The van der Waals surface area contributed by atoms with Gasteiger partial charge in [0.25, 0.3) is 0 Å². The number of nitrogen functional groups attached to an aromatic ring is 1. The average Bonchev–Trinajstić information content (AvgIpc) is 2.65. The van der Waals surface area contributed by atoms with Crippen molar-refractivity contribution < 1.29 is 0 Å². The number of imidazole rings is 1. The molecule has 0 atom stereocenters. The predicted octanol–water partition coefficient (Wildman–Crippen LogP) is 2.02. The number of anilines is 1. The van der Waals surface area contributed by atoms with E-state index in [0.717, 1.165) is 12.1 Å². The van der Waals surface area contributed by atoms with Gasteiger partial charge in [-0.25, -0.2) is 4.98 Å². The minimum absolute atomic E-state index is 0.522. The van der Waals surface area contributed by atoms with Crippen molar-refractivity contribution in [3.05, 3.63) is 42.2 Å². The maximum Gasteiger partial charge on any atom is 0.204 e. The van der Waals surface area contributed by atoms with Crippen LogP contribution in [0.5, 0.6) is 0 Å². The van der Waals surface area contributed by atoms with Crippen molar-refractivity contribution in [2.24, 2.45) is 0 Å². The largest absolute Gasteiger partial charge is 0.369 e. The van der Waals surface area contributed by atoms with Gasteiger partial charge in [-0.1, -0.05) is 19.1 Å². The lowest BCUT2D eigenvalue weighted by Crippen LogP contribution is -1.99. The Hall–Kier alpha value is -1.77. The summed E-state index contributed by atoms with van der Waals surface area (Å²) >= 11 is 0. The molecule has 1 heterocycles. The molecule has 0 saturated heterocycles. The molecule has 0 unspecified atom stereocenters. The van der Waals surface area contributed by atoms with Gasteiger partial charge in [-0.3, -0.25) is 4.57 Å². The molecular formula is C11H13N3. The third kappa shape index (κ3) is 1.48. The van der Waals surface area contributed by atoms with Crippen LogP contribution in [0.25, 0.3) is 5.69 Å². The number of benzene rings is 1. The third-order valence-electron chi connectivity index (χ3n) is 2.29. The van der Waals surface area contributed by atoms with Gasteiger partial charge >= 0.3 is 0 Å². The molecule has 0 spiro atoms. The van der Waals surface area contributed by atoms with E-state index in [4.69, 9.17) is 5.73 Å². The molecule has 0 aliphatic rings. The summed E-state index contributed by atoms with van der Waals surface area (Å²) in [5, 5.41) is 0. The highest BCUT2D eigenvalue weighted by Gasteiger charge is 1.99. The van der Waals surface area contributed by atoms with Crippen LogP contribution in [0.4, 0.5) is 5.95 Å². The Kier molecular flexibility index (Phi) is 2.23. The van der Waals surface area contributed by atoms with Crippen molar-refractivity contribution in [1.82, 2.24) is 9.55 Å². The van der Waals surface area contributed by atoms with Crippen LogP contribution in [0.1, 0.15) is 12.5 Å². The first-order valence-corrected chi connectivity index (χ1v) is 4.69. The number of nitrogens with two attached hydrogens (primary N) is 1. The standard InChI is InChI=1S/C11H13N3/c1-2-9-3-5-10(6-4-9)14-8-7-13-11(14)12/h3-8H,2H2,1H3,(H2,12,13). The summed E-state index contributed by atoms with van der Waals surface area (Å²) in [6, 6.07) is 8.32. The Morgan fingerprint density at radius 2 is 2.00 bits per heavy atom. The predicted molar refractivity (Wildman–Crippen MR) is 57.4 cm³/mol. The summed E-state index contributed by atoms with van der Waals surface area (Å²) in [5.74, 6) is 0.522. The number of rotatable bonds is 2. The van der Waals surface area contributed by atoms with Gasteiger partial charge in [-0.05, 0) is 24.1 Å². The van der Waals surface area contributed by atoms with Crippen LogP contribution < -0.4 is 5.73 Å². The van der Waals surface area contributed by atoms with E-state index < -0.39 is 0 Å². The fourth-order valence-corrected chi connectivity index (χ4v) is 1.43. The van der Waals surface area contributed by atoms with E-state index in [2.05, 4.69) is 36.2 Å². The van der Waals surface area contributed by atoms with Gasteiger partial charge < -0.3 is 5.73 Å². The van der Waals surface area contributed by atoms with Gasteiger partial charge in [0, 0.05) is 18.1 Å². The summed E-state index contributed by atoms with van der Waals surface area (Å²) in [7, 11) is 0. The molecule has 0 bridgehead atoms. The molecule has 3 heteroatoms. The van der Waals surface area contributed by atoms with Crippen LogP contribution in [0.15, 0.2) is 36.7 Å². The SMILES string of the molecule is CCc1ccc(-n2ccnc2N)cc1. The number of aryl methyl sites for hydroxylation is 1. The zero-order valence-corrected chi connectivity index (χ0v) is 8.14. The maximum absolute atomic E-state index is 5.69. The molecule has 3 nitrogen and oxygen atoms in total. The van der Waals surface area contributed by atoms with E-state index in [-0.39, 0.29) is 0 Å². The zero-order chi connectivity index (χ0) is 9.97. The monoisotopic (exact) mass is 187 g/mol. The number of hydrogen-bond donors (Lipinski definition) is 1. The van der Waals surface area contributed by atoms with Crippen molar-refractivity contribution in [3.8, 4) is 5.69 Å². The fourth-order valence-electron chi connectivity index (χ4n) is 1.43. The van der Waals surface area contributed by atoms with Crippen LogP contribution in [-0.4, -0.2) is 9.55 Å². The van der Waals surface area contributed by atoms with Gasteiger partial charge in [0.2, 0.25) is 5.95 Å². The zero-order valence-electron chi connectivity index (χ0n) is 8.14. The summed E-state index contributed by atoms with van der Waals surface area (Å²) in [4.78, 5) is 3.98. The van der Waals surface area contributed by atoms with E-state index in [1.807, 2.05) is 10.8 Å².